The molecule has 32 heavy (non-hydrogen) atoms. The lowest BCUT2D eigenvalue weighted by molar-refractivity contribution is 0.0938. The van der Waals surface area contributed by atoms with Crippen molar-refractivity contribution in [3.63, 3.8) is 0 Å². The van der Waals surface area contributed by atoms with Gasteiger partial charge in [0.15, 0.2) is 11.3 Å². The van der Waals surface area contributed by atoms with E-state index in [4.69, 9.17) is 4.98 Å². The molecule has 0 radical (unpaired) electrons. The lowest BCUT2D eigenvalue weighted by Crippen LogP contribution is -2.32. The summed E-state index contributed by atoms with van der Waals surface area (Å²) < 4.78 is 1.63. The third-order valence-corrected chi connectivity index (χ3v) is 6.23. The maximum atomic E-state index is 12.6. The minimum Gasteiger partial charge on any atom is -0.349 e. The van der Waals surface area contributed by atoms with Crippen LogP contribution < -0.4 is 11.0 Å². The Balaban J connectivity index is 1.44. The second-order valence-electron chi connectivity index (χ2n) is 8.35. The van der Waals surface area contributed by atoms with E-state index in [2.05, 4.69) is 15.3 Å². The highest BCUT2D eigenvalue weighted by molar-refractivity contribution is 5.94. The van der Waals surface area contributed by atoms with E-state index in [0.29, 0.717) is 22.6 Å². The Labute approximate surface area is 185 Å². The Morgan fingerprint density at radius 1 is 1.09 bits per heavy atom. The summed E-state index contributed by atoms with van der Waals surface area (Å²) in [5.41, 5.74) is 3.84. The second kappa shape index (κ2) is 8.42. The summed E-state index contributed by atoms with van der Waals surface area (Å²) in [6.45, 7) is 1.97. The molecule has 2 N–H and O–H groups in total. The van der Waals surface area contributed by atoms with Gasteiger partial charge in [0.1, 0.15) is 0 Å². The minimum absolute atomic E-state index is 0.0406. The molecule has 1 atom stereocenters. The third-order valence-electron chi connectivity index (χ3n) is 6.23. The van der Waals surface area contributed by atoms with Crippen molar-refractivity contribution in [2.45, 2.75) is 44.7 Å². The molecule has 1 amide bonds. The smallest absolute Gasteiger partial charge is 0.329 e. The molecular weight excluding hydrogens is 402 g/mol. The highest BCUT2D eigenvalue weighted by Crippen LogP contribution is 2.23. The van der Waals surface area contributed by atoms with Crippen LogP contribution in [0.3, 0.4) is 0 Å². The fourth-order valence-corrected chi connectivity index (χ4v) is 4.40. The number of carbonyl (C=O) groups is 1. The van der Waals surface area contributed by atoms with Crippen LogP contribution in [0.25, 0.3) is 22.6 Å². The molecule has 2 aromatic carbocycles. The third kappa shape index (κ3) is 3.82. The number of nitrogens with one attached hydrogen (secondary N) is 2. The van der Waals surface area contributed by atoms with Crippen LogP contribution in [0.2, 0.25) is 0 Å². The number of hydrogen-bond donors (Lipinski definition) is 2. The Hall–Kier alpha value is -3.74. The first kappa shape index (κ1) is 20.2. The fourth-order valence-electron chi connectivity index (χ4n) is 4.40. The number of aromatic amines is 1. The van der Waals surface area contributed by atoms with Gasteiger partial charge in [-0.3, -0.25) is 14.3 Å². The van der Waals surface area contributed by atoms with Crippen molar-refractivity contribution < 1.29 is 4.79 Å². The monoisotopic (exact) mass is 427 g/mol. The molecule has 7 nitrogen and oxygen atoms in total. The molecule has 0 spiro atoms. The van der Waals surface area contributed by atoms with Gasteiger partial charge in [0.25, 0.3) is 5.91 Å². The molecule has 2 heterocycles. The van der Waals surface area contributed by atoms with Crippen LogP contribution in [-0.2, 0) is 0 Å². The van der Waals surface area contributed by atoms with Gasteiger partial charge in [-0.15, -0.1) is 0 Å². The van der Waals surface area contributed by atoms with Gasteiger partial charge in [0.05, 0.1) is 17.9 Å². The predicted octanol–water partition coefficient (Wildman–Crippen LogP) is 4.07. The zero-order valence-corrected chi connectivity index (χ0v) is 17.9. The predicted molar refractivity (Wildman–Crippen MR) is 124 cm³/mol. The van der Waals surface area contributed by atoms with E-state index in [1.165, 1.54) is 12.8 Å². The largest absolute Gasteiger partial charge is 0.349 e. The summed E-state index contributed by atoms with van der Waals surface area (Å²) in [7, 11) is 0. The highest BCUT2D eigenvalue weighted by Gasteiger charge is 2.19. The molecular formula is C25H25N5O2. The summed E-state index contributed by atoms with van der Waals surface area (Å²) in [5.74, 6) is -0.0406. The molecule has 162 valence electrons. The number of nitrogens with zero attached hydrogens (tertiary/aromatic N) is 3. The Morgan fingerprint density at radius 2 is 1.81 bits per heavy atom. The number of H-pyrrole nitrogens is 1. The van der Waals surface area contributed by atoms with Gasteiger partial charge >= 0.3 is 5.69 Å². The van der Waals surface area contributed by atoms with E-state index in [0.717, 1.165) is 24.0 Å². The summed E-state index contributed by atoms with van der Waals surface area (Å²) >= 11 is 0. The van der Waals surface area contributed by atoms with E-state index in [1.54, 1.807) is 10.8 Å². The van der Waals surface area contributed by atoms with E-state index >= 15 is 0 Å². The van der Waals surface area contributed by atoms with Crippen molar-refractivity contribution in [2.75, 3.05) is 0 Å². The quantitative estimate of drug-likeness (QED) is 0.502. The molecule has 7 heteroatoms. The van der Waals surface area contributed by atoms with Gasteiger partial charge in [-0.1, -0.05) is 55.3 Å². The van der Waals surface area contributed by atoms with Crippen molar-refractivity contribution in [3.05, 3.63) is 82.4 Å². The first-order valence-electron chi connectivity index (χ1n) is 11.0. The lowest BCUT2D eigenvalue weighted by Gasteiger charge is -2.13. The molecule has 5 rings (SSSR count). The van der Waals surface area contributed by atoms with Gasteiger partial charge < -0.3 is 5.32 Å². The zero-order chi connectivity index (χ0) is 22.1. The van der Waals surface area contributed by atoms with Crippen molar-refractivity contribution in [3.8, 4) is 11.3 Å². The van der Waals surface area contributed by atoms with Crippen LogP contribution in [0, 0.1) is 0 Å². The zero-order valence-electron chi connectivity index (χ0n) is 17.9. The van der Waals surface area contributed by atoms with Gasteiger partial charge in [-0.2, -0.15) is 0 Å². The van der Waals surface area contributed by atoms with E-state index in [-0.39, 0.29) is 23.7 Å². The Morgan fingerprint density at radius 3 is 2.53 bits per heavy atom. The summed E-state index contributed by atoms with van der Waals surface area (Å²) in [4.78, 5) is 37.1. The average Bonchev–Trinajstić information content (AvgIpc) is 3.45. The second-order valence-corrected chi connectivity index (χ2v) is 8.35. The number of aromatic nitrogens is 4. The average molecular weight is 428 g/mol. The lowest BCUT2D eigenvalue weighted by atomic mass is 10.1. The minimum atomic E-state index is -0.243. The van der Waals surface area contributed by atoms with Crippen molar-refractivity contribution in [1.82, 2.24) is 24.8 Å². The van der Waals surface area contributed by atoms with Gasteiger partial charge in [-0.05, 0) is 37.5 Å². The molecule has 1 saturated carbocycles. The fraction of sp³-hybridized carbons (Fsp3) is 0.280. The first-order chi connectivity index (χ1) is 15.6. The summed E-state index contributed by atoms with van der Waals surface area (Å²) in [6, 6.07) is 17.3. The van der Waals surface area contributed by atoms with Crippen LogP contribution >= 0.6 is 0 Å². The molecule has 0 unspecified atom stereocenters. The summed E-state index contributed by atoms with van der Waals surface area (Å²) in [6.07, 6.45) is 6.11. The van der Waals surface area contributed by atoms with Crippen LogP contribution in [0.5, 0.6) is 0 Å². The molecule has 1 aliphatic carbocycles. The van der Waals surface area contributed by atoms with Gasteiger partial charge in [0.2, 0.25) is 0 Å². The SMILES string of the molecule is C[C@@H](c1ccccc1)n1c(=O)[nH]c2ncc(-c3ccc(C(=O)NC4CCCC4)cc3)nc21. The van der Waals surface area contributed by atoms with Crippen LogP contribution in [-0.4, -0.2) is 31.5 Å². The molecule has 1 fully saturated rings. The van der Waals surface area contributed by atoms with E-state index < -0.39 is 0 Å². The number of benzene rings is 2. The number of amides is 1. The molecule has 0 saturated heterocycles. The maximum absolute atomic E-state index is 12.6. The van der Waals surface area contributed by atoms with Crippen LogP contribution in [0.1, 0.15) is 54.6 Å². The van der Waals surface area contributed by atoms with Gasteiger partial charge in [0, 0.05) is 17.2 Å². The Kier molecular flexibility index (Phi) is 5.31. The maximum Gasteiger partial charge on any atom is 0.329 e. The van der Waals surface area contributed by atoms with Crippen LogP contribution in [0.15, 0.2) is 65.6 Å². The van der Waals surface area contributed by atoms with Crippen molar-refractivity contribution in [2.24, 2.45) is 0 Å². The van der Waals surface area contributed by atoms with E-state index in [9.17, 15) is 9.59 Å². The van der Waals surface area contributed by atoms with Crippen molar-refractivity contribution in [1.29, 1.82) is 0 Å². The number of hydrogen-bond acceptors (Lipinski definition) is 4. The Bertz CT molecular complexity index is 1300. The number of fused-ring (bicyclic) bond motifs is 1. The molecule has 0 aliphatic heterocycles. The molecule has 0 bridgehead atoms. The molecule has 4 aromatic rings. The normalized spacial score (nSPS) is 15.2. The summed E-state index contributed by atoms with van der Waals surface area (Å²) in [5, 5.41) is 3.11. The van der Waals surface area contributed by atoms with Gasteiger partial charge in [-0.25, -0.2) is 14.8 Å². The number of carbonyl (C=O) groups excluding carboxylic acids is 1. The molecule has 2 aromatic heterocycles. The standard InChI is InChI=1S/C25H25N5O2/c1-16(17-7-3-2-4-8-17)30-23-22(29-25(30)32)26-15-21(28-23)18-11-13-19(14-12-18)24(31)27-20-9-5-6-10-20/h2-4,7-8,11-16,20H,5-6,9-10H2,1H3,(H,27,31)(H,26,29,32)/t16-/m0/s1. The first-order valence-corrected chi connectivity index (χ1v) is 11.0. The number of rotatable bonds is 5. The number of imidazole rings is 1. The van der Waals surface area contributed by atoms with Crippen molar-refractivity contribution >= 4 is 17.2 Å². The van der Waals surface area contributed by atoms with E-state index in [1.807, 2.05) is 61.5 Å². The van der Waals surface area contributed by atoms with Crippen LogP contribution in [0.4, 0.5) is 0 Å². The highest BCUT2D eigenvalue weighted by atomic mass is 16.2. The topological polar surface area (TPSA) is 92.7 Å². The molecule has 1 aliphatic rings.